The quantitative estimate of drug-likeness (QED) is 0.833. The van der Waals surface area contributed by atoms with Crippen molar-refractivity contribution in [3.63, 3.8) is 0 Å². The summed E-state index contributed by atoms with van der Waals surface area (Å²) in [6.07, 6.45) is 5.44. The zero-order chi connectivity index (χ0) is 13.5. The highest BCUT2D eigenvalue weighted by Gasteiger charge is 2.34. The van der Waals surface area contributed by atoms with Gasteiger partial charge in [-0.25, -0.2) is 8.42 Å². The van der Waals surface area contributed by atoms with Gasteiger partial charge in [0.05, 0.1) is 17.4 Å². The predicted molar refractivity (Wildman–Crippen MR) is 70.7 cm³/mol. The summed E-state index contributed by atoms with van der Waals surface area (Å²) in [4.78, 5) is 4.49. The van der Waals surface area contributed by atoms with Gasteiger partial charge in [-0.1, -0.05) is 31.3 Å². The maximum absolute atomic E-state index is 11.5. The summed E-state index contributed by atoms with van der Waals surface area (Å²) in [5, 5.41) is 4.10. The summed E-state index contributed by atoms with van der Waals surface area (Å²) in [5.41, 5.74) is 0. The molecular weight excluding hydrogens is 264 g/mol. The van der Waals surface area contributed by atoms with Crippen molar-refractivity contribution in [2.24, 2.45) is 5.92 Å². The highest BCUT2D eigenvalue weighted by Crippen LogP contribution is 2.37. The lowest BCUT2D eigenvalue weighted by atomic mass is 9.80. The van der Waals surface area contributed by atoms with Crippen LogP contribution in [0.15, 0.2) is 4.52 Å². The van der Waals surface area contributed by atoms with Crippen LogP contribution < -0.4 is 0 Å². The van der Waals surface area contributed by atoms with Crippen molar-refractivity contribution in [1.29, 1.82) is 0 Å². The van der Waals surface area contributed by atoms with Crippen LogP contribution in [0.25, 0.3) is 0 Å². The van der Waals surface area contributed by atoms with Crippen molar-refractivity contribution >= 4 is 9.84 Å². The van der Waals surface area contributed by atoms with Gasteiger partial charge in [-0.05, 0) is 18.8 Å². The van der Waals surface area contributed by atoms with E-state index in [2.05, 4.69) is 17.1 Å². The molecule has 1 saturated carbocycles. The van der Waals surface area contributed by atoms with E-state index in [1.165, 1.54) is 19.3 Å². The van der Waals surface area contributed by atoms with Crippen molar-refractivity contribution < 1.29 is 12.9 Å². The van der Waals surface area contributed by atoms with Crippen molar-refractivity contribution in [3.8, 4) is 0 Å². The van der Waals surface area contributed by atoms with E-state index in [9.17, 15) is 8.42 Å². The lowest BCUT2D eigenvalue weighted by molar-refractivity contribution is 0.303. The Labute approximate surface area is 113 Å². The van der Waals surface area contributed by atoms with E-state index in [0.717, 1.165) is 12.2 Å². The molecule has 3 atom stereocenters. The third-order valence-electron chi connectivity index (χ3n) is 4.48. The predicted octanol–water partition coefficient (Wildman–Crippen LogP) is 2.27. The average Bonchev–Trinajstić information content (AvgIpc) is 2.96. The molecular formula is C13H20N2O3S. The molecule has 1 saturated heterocycles. The first kappa shape index (κ1) is 13.1. The largest absolute Gasteiger partial charge is 0.339 e. The standard InChI is InChI=1S/C13H20N2O3S/c1-9-4-2-3-5-11(9)12-14-13(18-15-12)10-6-7-19(16,17)8-10/h9-11H,2-8H2,1H3/t9-,10-,11+/m1/s1. The fraction of sp³-hybridized carbons (Fsp3) is 0.846. The second-order valence-electron chi connectivity index (χ2n) is 5.96. The third kappa shape index (κ3) is 2.68. The van der Waals surface area contributed by atoms with Crippen LogP contribution in [-0.4, -0.2) is 30.1 Å². The Hall–Kier alpha value is -0.910. The summed E-state index contributed by atoms with van der Waals surface area (Å²) in [5.74, 6) is 2.59. The van der Waals surface area contributed by atoms with Crippen LogP contribution >= 0.6 is 0 Å². The lowest BCUT2D eigenvalue weighted by Crippen LogP contribution is -2.16. The number of sulfone groups is 1. The SMILES string of the molecule is C[C@@H]1CCCC[C@@H]1c1noc([C@@H]2CCS(=O)(=O)C2)n1. The zero-order valence-corrected chi connectivity index (χ0v) is 12.0. The van der Waals surface area contributed by atoms with Gasteiger partial charge in [-0.15, -0.1) is 0 Å². The monoisotopic (exact) mass is 284 g/mol. The lowest BCUT2D eigenvalue weighted by Gasteiger charge is -2.25. The molecule has 0 unspecified atom stereocenters. The summed E-state index contributed by atoms with van der Waals surface area (Å²) in [6, 6.07) is 0. The van der Waals surface area contributed by atoms with Gasteiger partial charge in [-0.3, -0.25) is 0 Å². The minimum absolute atomic E-state index is 0.0925. The van der Waals surface area contributed by atoms with E-state index in [-0.39, 0.29) is 17.4 Å². The Morgan fingerprint density at radius 1 is 1.21 bits per heavy atom. The molecule has 1 aromatic heterocycles. The summed E-state index contributed by atoms with van der Waals surface area (Å²) < 4.78 is 28.3. The molecule has 3 rings (SSSR count). The van der Waals surface area contributed by atoms with E-state index in [0.29, 0.717) is 24.1 Å². The van der Waals surface area contributed by atoms with Gasteiger partial charge >= 0.3 is 0 Å². The van der Waals surface area contributed by atoms with E-state index in [4.69, 9.17) is 4.52 Å². The third-order valence-corrected chi connectivity index (χ3v) is 6.25. The molecule has 0 amide bonds. The Morgan fingerprint density at radius 2 is 2.00 bits per heavy atom. The van der Waals surface area contributed by atoms with Gasteiger partial charge in [0.1, 0.15) is 0 Å². The van der Waals surface area contributed by atoms with Crippen molar-refractivity contribution in [3.05, 3.63) is 11.7 Å². The fourth-order valence-electron chi connectivity index (χ4n) is 3.25. The van der Waals surface area contributed by atoms with Crippen LogP contribution in [0.2, 0.25) is 0 Å². The second-order valence-corrected chi connectivity index (χ2v) is 8.19. The van der Waals surface area contributed by atoms with E-state index >= 15 is 0 Å². The Kier molecular flexibility index (Phi) is 3.37. The fourth-order valence-corrected chi connectivity index (χ4v) is 4.99. The van der Waals surface area contributed by atoms with Gasteiger partial charge in [-0.2, -0.15) is 4.98 Å². The van der Waals surface area contributed by atoms with Crippen LogP contribution in [0.5, 0.6) is 0 Å². The van der Waals surface area contributed by atoms with Gasteiger partial charge in [0.25, 0.3) is 0 Å². The number of aromatic nitrogens is 2. The normalized spacial score (nSPS) is 34.5. The summed E-state index contributed by atoms with van der Waals surface area (Å²) in [6.45, 7) is 2.24. The van der Waals surface area contributed by atoms with E-state index in [1.807, 2.05) is 0 Å². The van der Waals surface area contributed by atoms with Gasteiger partial charge < -0.3 is 4.52 Å². The minimum atomic E-state index is -2.90. The molecule has 0 N–H and O–H groups in total. The number of hydrogen-bond donors (Lipinski definition) is 0. The first-order valence-electron chi connectivity index (χ1n) is 7.09. The van der Waals surface area contributed by atoms with Crippen molar-refractivity contribution in [1.82, 2.24) is 10.1 Å². The molecule has 6 heteroatoms. The Balaban J connectivity index is 1.76. The van der Waals surface area contributed by atoms with Crippen molar-refractivity contribution in [2.45, 2.75) is 50.9 Å². The Bertz CT molecular complexity index is 552. The molecule has 19 heavy (non-hydrogen) atoms. The number of rotatable bonds is 2. The van der Waals surface area contributed by atoms with Crippen LogP contribution in [0, 0.1) is 5.92 Å². The molecule has 5 nitrogen and oxygen atoms in total. The molecule has 2 aliphatic rings. The van der Waals surface area contributed by atoms with Crippen LogP contribution in [0.1, 0.15) is 62.6 Å². The average molecular weight is 284 g/mol. The molecule has 1 aliphatic carbocycles. The maximum Gasteiger partial charge on any atom is 0.230 e. The molecule has 0 bridgehead atoms. The molecule has 1 aliphatic heterocycles. The van der Waals surface area contributed by atoms with Gasteiger partial charge in [0.2, 0.25) is 5.89 Å². The highest BCUT2D eigenvalue weighted by atomic mass is 32.2. The first-order chi connectivity index (χ1) is 9.05. The highest BCUT2D eigenvalue weighted by molar-refractivity contribution is 7.91. The van der Waals surface area contributed by atoms with Gasteiger partial charge in [0, 0.05) is 5.92 Å². The van der Waals surface area contributed by atoms with Crippen LogP contribution in [0.3, 0.4) is 0 Å². The molecule has 0 radical (unpaired) electrons. The van der Waals surface area contributed by atoms with Crippen molar-refractivity contribution in [2.75, 3.05) is 11.5 Å². The Morgan fingerprint density at radius 3 is 2.68 bits per heavy atom. The van der Waals surface area contributed by atoms with Gasteiger partial charge in [0.15, 0.2) is 15.7 Å². The van der Waals surface area contributed by atoms with Crippen LogP contribution in [-0.2, 0) is 9.84 Å². The zero-order valence-electron chi connectivity index (χ0n) is 11.2. The van der Waals surface area contributed by atoms with E-state index in [1.54, 1.807) is 0 Å². The number of nitrogens with zero attached hydrogens (tertiary/aromatic N) is 2. The molecule has 2 fully saturated rings. The second kappa shape index (κ2) is 4.89. The molecule has 2 heterocycles. The molecule has 1 aromatic rings. The van der Waals surface area contributed by atoms with E-state index < -0.39 is 9.84 Å². The molecule has 0 spiro atoms. The maximum atomic E-state index is 11.5. The first-order valence-corrected chi connectivity index (χ1v) is 8.91. The van der Waals surface area contributed by atoms with Crippen LogP contribution in [0.4, 0.5) is 0 Å². The molecule has 106 valence electrons. The topological polar surface area (TPSA) is 73.1 Å². The number of hydrogen-bond acceptors (Lipinski definition) is 5. The summed E-state index contributed by atoms with van der Waals surface area (Å²) in [7, 11) is -2.90. The minimum Gasteiger partial charge on any atom is -0.339 e. The summed E-state index contributed by atoms with van der Waals surface area (Å²) >= 11 is 0. The smallest absolute Gasteiger partial charge is 0.230 e. The molecule has 0 aromatic carbocycles.